The first-order valence-electron chi connectivity index (χ1n) is 12.5. The van der Waals surface area contributed by atoms with Crippen LogP contribution in [0.25, 0.3) is 0 Å². The topological polar surface area (TPSA) is 55.4 Å². The van der Waals surface area contributed by atoms with Gasteiger partial charge < -0.3 is 10.1 Å². The monoisotopic (exact) mass is 443 g/mol. The van der Waals surface area contributed by atoms with Crippen molar-refractivity contribution in [2.24, 2.45) is 17.8 Å². The van der Waals surface area contributed by atoms with Crippen LogP contribution in [0.1, 0.15) is 85.8 Å². The Hall–Kier alpha value is -1.68. The van der Waals surface area contributed by atoms with Crippen LogP contribution >= 0.6 is 0 Å². The summed E-state index contributed by atoms with van der Waals surface area (Å²) in [4.78, 5) is 24.4. The lowest BCUT2D eigenvalue weighted by Crippen LogP contribution is -2.35. The number of esters is 1. The standard InChI is InChI=1S/C28H45NO3/c1-17-16-29-28(18(17)2)24(10-9-11-27(31)32-8)12-13-25(30)14-15-26-22(6)20(4)19(3)21(5)23(26)7/h17-18,24,28-29H,9-16H2,1-8H3/t17-,18-,24?,28+/m1/s1. The first-order valence-corrected chi connectivity index (χ1v) is 12.5. The van der Waals surface area contributed by atoms with Crippen LogP contribution in [0.5, 0.6) is 0 Å². The molecule has 1 fully saturated rings. The minimum atomic E-state index is -0.143. The zero-order valence-electron chi connectivity index (χ0n) is 21.7. The van der Waals surface area contributed by atoms with Gasteiger partial charge in [0, 0.05) is 25.3 Å². The molecule has 0 aliphatic carbocycles. The van der Waals surface area contributed by atoms with Crippen LogP contribution in [0.4, 0.5) is 0 Å². The second-order valence-electron chi connectivity index (χ2n) is 10.2. The molecule has 0 saturated carbocycles. The summed E-state index contributed by atoms with van der Waals surface area (Å²) in [5.74, 6) is 1.89. The number of ether oxygens (including phenoxy) is 1. The van der Waals surface area contributed by atoms with Gasteiger partial charge in [-0.05, 0) is 118 Å². The fourth-order valence-corrected chi connectivity index (χ4v) is 5.45. The zero-order valence-corrected chi connectivity index (χ0v) is 21.7. The first kappa shape index (κ1) is 26.6. The van der Waals surface area contributed by atoms with E-state index in [1.807, 2.05) is 0 Å². The number of hydrogen-bond acceptors (Lipinski definition) is 4. The number of ketones is 1. The van der Waals surface area contributed by atoms with E-state index in [2.05, 4.69) is 53.8 Å². The third-order valence-corrected chi connectivity index (χ3v) is 8.43. The minimum absolute atomic E-state index is 0.143. The molecule has 4 heteroatoms. The predicted octanol–water partition coefficient (Wildman–Crippen LogP) is 5.71. The molecule has 32 heavy (non-hydrogen) atoms. The summed E-state index contributed by atoms with van der Waals surface area (Å²) in [6, 6.07) is 0.433. The molecule has 180 valence electrons. The van der Waals surface area contributed by atoms with Gasteiger partial charge in [0.1, 0.15) is 5.78 Å². The fourth-order valence-electron chi connectivity index (χ4n) is 5.45. The number of carbonyl (C=O) groups is 2. The molecule has 0 spiro atoms. The van der Waals surface area contributed by atoms with Crippen molar-refractivity contribution in [3.63, 3.8) is 0 Å². The molecule has 1 unspecified atom stereocenters. The molecule has 2 rings (SSSR count). The van der Waals surface area contributed by atoms with Crippen LogP contribution in [-0.2, 0) is 20.7 Å². The number of methoxy groups -OCH3 is 1. The van der Waals surface area contributed by atoms with E-state index in [1.54, 1.807) is 0 Å². The maximum Gasteiger partial charge on any atom is 0.305 e. The molecule has 1 aromatic rings. The fraction of sp³-hybridized carbons (Fsp3) is 0.714. The lowest BCUT2D eigenvalue weighted by molar-refractivity contribution is -0.140. The summed E-state index contributed by atoms with van der Waals surface area (Å²) < 4.78 is 4.80. The number of carbonyl (C=O) groups excluding carboxylic acids is 2. The van der Waals surface area contributed by atoms with Crippen molar-refractivity contribution in [2.75, 3.05) is 13.7 Å². The highest BCUT2D eigenvalue weighted by molar-refractivity contribution is 5.78. The van der Waals surface area contributed by atoms with E-state index in [-0.39, 0.29) is 5.97 Å². The van der Waals surface area contributed by atoms with Crippen molar-refractivity contribution in [3.05, 3.63) is 33.4 Å². The van der Waals surface area contributed by atoms with Gasteiger partial charge in [0.25, 0.3) is 0 Å². The number of nitrogens with one attached hydrogen (secondary N) is 1. The lowest BCUT2D eigenvalue weighted by atomic mass is 9.80. The largest absolute Gasteiger partial charge is 0.469 e. The highest BCUT2D eigenvalue weighted by Crippen LogP contribution is 2.32. The summed E-state index contributed by atoms with van der Waals surface area (Å²) in [7, 11) is 1.45. The van der Waals surface area contributed by atoms with Gasteiger partial charge in [-0.25, -0.2) is 0 Å². The second kappa shape index (κ2) is 12.0. The first-order chi connectivity index (χ1) is 15.1. The van der Waals surface area contributed by atoms with Crippen LogP contribution in [0, 0.1) is 52.4 Å². The molecule has 1 heterocycles. The van der Waals surface area contributed by atoms with E-state index in [9.17, 15) is 9.59 Å². The Bertz CT molecular complexity index is 784. The predicted molar refractivity (Wildman–Crippen MR) is 132 cm³/mol. The van der Waals surface area contributed by atoms with E-state index >= 15 is 0 Å². The van der Waals surface area contributed by atoms with E-state index in [0.29, 0.717) is 48.8 Å². The average molecular weight is 444 g/mol. The van der Waals surface area contributed by atoms with Gasteiger partial charge in [-0.3, -0.25) is 9.59 Å². The summed E-state index contributed by atoms with van der Waals surface area (Å²) in [5.41, 5.74) is 8.13. The van der Waals surface area contributed by atoms with E-state index < -0.39 is 0 Å². The van der Waals surface area contributed by atoms with E-state index in [0.717, 1.165) is 32.2 Å². The molecule has 1 aromatic carbocycles. The number of rotatable bonds is 11. The van der Waals surface area contributed by atoms with Gasteiger partial charge >= 0.3 is 5.97 Å². The van der Waals surface area contributed by atoms with E-state index in [1.165, 1.54) is 40.5 Å². The molecule has 1 N–H and O–H groups in total. The Balaban J connectivity index is 1.97. The van der Waals surface area contributed by atoms with Crippen LogP contribution in [-0.4, -0.2) is 31.4 Å². The molecule has 0 aromatic heterocycles. The molecule has 1 saturated heterocycles. The van der Waals surface area contributed by atoms with Crippen molar-refractivity contribution >= 4 is 11.8 Å². The van der Waals surface area contributed by atoms with Crippen LogP contribution in [0.3, 0.4) is 0 Å². The molecule has 0 radical (unpaired) electrons. The summed E-state index contributed by atoms with van der Waals surface area (Å²) >= 11 is 0. The van der Waals surface area contributed by atoms with Crippen LogP contribution in [0.15, 0.2) is 0 Å². The average Bonchev–Trinajstić information content (AvgIpc) is 3.11. The van der Waals surface area contributed by atoms with Gasteiger partial charge in [-0.2, -0.15) is 0 Å². The van der Waals surface area contributed by atoms with Crippen LogP contribution < -0.4 is 5.32 Å². The van der Waals surface area contributed by atoms with Crippen molar-refractivity contribution in [1.29, 1.82) is 0 Å². The number of Topliss-reactive ketones (excluding diaryl/α,β-unsaturated/α-hetero) is 1. The summed E-state index contributed by atoms with van der Waals surface area (Å²) in [5, 5.41) is 3.70. The molecule has 4 atom stereocenters. The molecule has 1 aliphatic rings. The van der Waals surface area contributed by atoms with Crippen molar-refractivity contribution in [3.8, 4) is 0 Å². The van der Waals surface area contributed by atoms with Gasteiger partial charge in [-0.15, -0.1) is 0 Å². The normalized spacial score (nSPS) is 21.6. The number of hydrogen-bond donors (Lipinski definition) is 1. The van der Waals surface area contributed by atoms with Gasteiger partial charge in [-0.1, -0.05) is 13.8 Å². The highest BCUT2D eigenvalue weighted by Gasteiger charge is 2.34. The molecular weight excluding hydrogens is 398 g/mol. The number of benzene rings is 1. The Labute approximate surface area is 195 Å². The van der Waals surface area contributed by atoms with E-state index in [4.69, 9.17) is 4.74 Å². The molecule has 1 aliphatic heterocycles. The van der Waals surface area contributed by atoms with Crippen molar-refractivity contribution in [1.82, 2.24) is 5.32 Å². The third kappa shape index (κ3) is 6.43. The van der Waals surface area contributed by atoms with Gasteiger partial charge in [0.2, 0.25) is 0 Å². The molecule has 4 nitrogen and oxygen atoms in total. The van der Waals surface area contributed by atoms with Gasteiger partial charge in [0.15, 0.2) is 0 Å². The second-order valence-corrected chi connectivity index (χ2v) is 10.2. The third-order valence-electron chi connectivity index (χ3n) is 8.43. The Morgan fingerprint density at radius 2 is 1.50 bits per heavy atom. The smallest absolute Gasteiger partial charge is 0.305 e. The molecule has 0 amide bonds. The zero-order chi connectivity index (χ0) is 24.0. The Morgan fingerprint density at radius 1 is 0.906 bits per heavy atom. The SMILES string of the molecule is COC(=O)CCCC(CCC(=O)CCc1c(C)c(C)c(C)c(C)c1C)[C@H]1NC[C@@H](C)[C@H]1C. The highest BCUT2D eigenvalue weighted by atomic mass is 16.5. The Kier molecular flexibility index (Phi) is 9.94. The molecular formula is C28H45NO3. The minimum Gasteiger partial charge on any atom is -0.469 e. The van der Waals surface area contributed by atoms with Gasteiger partial charge in [0.05, 0.1) is 7.11 Å². The summed E-state index contributed by atoms with van der Waals surface area (Å²) in [6.07, 6.45) is 5.23. The Morgan fingerprint density at radius 3 is 2.03 bits per heavy atom. The quantitative estimate of drug-likeness (QED) is 0.445. The lowest BCUT2D eigenvalue weighted by Gasteiger charge is -2.28. The summed E-state index contributed by atoms with van der Waals surface area (Å²) in [6.45, 7) is 16.6. The van der Waals surface area contributed by atoms with Crippen LogP contribution in [0.2, 0.25) is 0 Å². The maximum absolute atomic E-state index is 12.9. The molecule has 0 bridgehead atoms. The van der Waals surface area contributed by atoms with Crippen molar-refractivity contribution in [2.45, 2.75) is 99.5 Å². The maximum atomic E-state index is 12.9. The van der Waals surface area contributed by atoms with Crippen molar-refractivity contribution < 1.29 is 14.3 Å².